The van der Waals surface area contributed by atoms with E-state index in [0.717, 1.165) is 11.1 Å². The van der Waals surface area contributed by atoms with E-state index in [1.54, 1.807) is 47.4 Å². The summed E-state index contributed by atoms with van der Waals surface area (Å²) in [6.45, 7) is 0.346. The van der Waals surface area contributed by atoms with Crippen molar-refractivity contribution in [2.45, 2.75) is 19.4 Å². The van der Waals surface area contributed by atoms with Crippen molar-refractivity contribution in [1.29, 1.82) is 0 Å². The molecule has 4 rings (SSSR count). The minimum atomic E-state index is -0.846. The lowest BCUT2D eigenvalue weighted by atomic mass is 10.1. The molecule has 1 aliphatic heterocycles. The van der Waals surface area contributed by atoms with E-state index in [1.165, 1.54) is 0 Å². The number of hydrogen-bond acceptors (Lipinski definition) is 4. The van der Waals surface area contributed by atoms with Gasteiger partial charge in [0.2, 0.25) is 0 Å². The van der Waals surface area contributed by atoms with Crippen LogP contribution in [0.25, 0.3) is 0 Å². The molecule has 7 heteroatoms. The molecular formula is C25H22N2O5. The second kappa shape index (κ2) is 9.34. The fourth-order valence-electron chi connectivity index (χ4n) is 3.49. The molecule has 1 heterocycles. The summed E-state index contributed by atoms with van der Waals surface area (Å²) in [5.41, 5.74) is 3.53. The van der Waals surface area contributed by atoms with E-state index in [4.69, 9.17) is 9.84 Å². The standard InChI is InChI=1S/C25H22N2O5/c28-23-16-32-22-14-19(9-12-21(22)27(23)15-18-4-2-1-3-5-18)25(31)26-20-10-6-17(7-11-20)8-13-24(29)30/h1-7,9-12,14H,8,13,15-16H2,(H,26,31)(H,29,30). The normalized spacial score (nSPS) is 12.6. The minimum absolute atomic E-state index is 0.0601. The Morgan fingerprint density at radius 3 is 2.44 bits per heavy atom. The summed E-state index contributed by atoms with van der Waals surface area (Å²) in [4.78, 5) is 37.5. The van der Waals surface area contributed by atoms with Crippen molar-refractivity contribution >= 4 is 29.2 Å². The lowest BCUT2D eigenvalue weighted by Gasteiger charge is -2.29. The summed E-state index contributed by atoms with van der Waals surface area (Å²) in [7, 11) is 0. The van der Waals surface area contributed by atoms with E-state index in [9.17, 15) is 14.4 Å². The molecule has 1 aliphatic rings. The number of carbonyl (C=O) groups excluding carboxylic acids is 2. The topological polar surface area (TPSA) is 95.9 Å². The molecule has 162 valence electrons. The second-order valence-corrected chi connectivity index (χ2v) is 7.48. The van der Waals surface area contributed by atoms with E-state index in [2.05, 4.69) is 5.32 Å². The zero-order valence-electron chi connectivity index (χ0n) is 17.3. The fourth-order valence-corrected chi connectivity index (χ4v) is 3.49. The zero-order chi connectivity index (χ0) is 22.5. The summed E-state index contributed by atoms with van der Waals surface area (Å²) in [5, 5.41) is 11.6. The quantitative estimate of drug-likeness (QED) is 0.593. The first-order chi connectivity index (χ1) is 15.5. The fraction of sp³-hybridized carbons (Fsp3) is 0.160. The van der Waals surface area contributed by atoms with Crippen LogP contribution in [0.4, 0.5) is 11.4 Å². The van der Waals surface area contributed by atoms with Crippen molar-refractivity contribution in [1.82, 2.24) is 0 Å². The maximum absolute atomic E-state index is 12.7. The first-order valence-electron chi connectivity index (χ1n) is 10.2. The van der Waals surface area contributed by atoms with Gasteiger partial charge < -0.3 is 20.1 Å². The molecule has 0 bridgehead atoms. The van der Waals surface area contributed by atoms with E-state index in [-0.39, 0.29) is 24.8 Å². The molecule has 0 radical (unpaired) electrons. The van der Waals surface area contributed by atoms with Gasteiger partial charge in [-0.05, 0) is 47.9 Å². The molecule has 0 saturated carbocycles. The van der Waals surface area contributed by atoms with Crippen LogP contribution in [0.2, 0.25) is 0 Å². The Balaban J connectivity index is 1.46. The SMILES string of the molecule is O=C(O)CCc1ccc(NC(=O)c2ccc3c(c2)OCC(=O)N3Cc2ccccc2)cc1. The van der Waals surface area contributed by atoms with Gasteiger partial charge in [0.05, 0.1) is 12.2 Å². The number of anilines is 2. The highest BCUT2D eigenvalue weighted by Crippen LogP contribution is 2.34. The van der Waals surface area contributed by atoms with Gasteiger partial charge in [-0.25, -0.2) is 0 Å². The van der Waals surface area contributed by atoms with Crippen LogP contribution >= 0.6 is 0 Å². The van der Waals surface area contributed by atoms with Gasteiger partial charge in [-0.1, -0.05) is 42.5 Å². The van der Waals surface area contributed by atoms with Crippen LogP contribution in [0.1, 0.15) is 27.9 Å². The highest BCUT2D eigenvalue weighted by Gasteiger charge is 2.26. The molecule has 3 aromatic carbocycles. The van der Waals surface area contributed by atoms with Crippen LogP contribution < -0.4 is 15.0 Å². The molecule has 7 nitrogen and oxygen atoms in total. The van der Waals surface area contributed by atoms with Gasteiger partial charge in [-0.2, -0.15) is 0 Å². The van der Waals surface area contributed by atoms with E-state index in [1.807, 2.05) is 30.3 Å². The number of ether oxygens (including phenoxy) is 1. The first-order valence-corrected chi connectivity index (χ1v) is 10.2. The van der Waals surface area contributed by atoms with Crippen LogP contribution in [-0.4, -0.2) is 29.5 Å². The number of amides is 2. The molecule has 3 aromatic rings. The summed E-state index contributed by atoms with van der Waals surface area (Å²) >= 11 is 0. The van der Waals surface area contributed by atoms with Crippen molar-refractivity contribution in [3.63, 3.8) is 0 Å². The van der Waals surface area contributed by atoms with Gasteiger partial charge in [0.15, 0.2) is 6.61 Å². The van der Waals surface area contributed by atoms with Gasteiger partial charge in [0.25, 0.3) is 11.8 Å². The van der Waals surface area contributed by atoms with Gasteiger partial charge >= 0.3 is 5.97 Å². The third-order valence-corrected chi connectivity index (χ3v) is 5.19. The second-order valence-electron chi connectivity index (χ2n) is 7.48. The molecule has 0 unspecified atom stereocenters. The summed E-state index contributed by atoms with van der Waals surface area (Å²) in [6, 6.07) is 21.8. The maximum atomic E-state index is 12.7. The van der Waals surface area contributed by atoms with Crippen LogP contribution in [0.3, 0.4) is 0 Å². The molecule has 0 aromatic heterocycles. The number of rotatable bonds is 7. The summed E-state index contributed by atoms with van der Waals surface area (Å²) < 4.78 is 5.59. The average molecular weight is 430 g/mol. The molecule has 0 aliphatic carbocycles. The maximum Gasteiger partial charge on any atom is 0.303 e. The van der Waals surface area contributed by atoms with Crippen molar-refractivity contribution in [2.24, 2.45) is 0 Å². The van der Waals surface area contributed by atoms with Crippen LogP contribution in [-0.2, 0) is 22.6 Å². The number of carboxylic acids is 1. The lowest BCUT2D eigenvalue weighted by Crippen LogP contribution is -2.38. The summed E-state index contributed by atoms with van der Waals surface area (Å²) in [6.07, 6.45) is 0.495. The monoisotopic (exact) mass is 430 g/mol. The Bertz CT molecular complexity index is 1140. The van der Waals surface area contributed by atoms with Gasteiger partial charge in [-0.3, -0.25) is 14.4 Å². The average Bonchev–Trinajstić information content (AvgIpc) is 2.81. The third kappa shape index (κ3) is 4.95. The number of aryl methyl sites for hydroxylation is 1. The first kappa shape index (κ1) is 21.1. The van der Waals surface area contributed by atoms with Crippen molar-refractivity contribution in [3.05, 3.63) is 89.5 Å². The van der Waals surface area contributed by atoms with Crippen molar-refractivity contribution in [3.8, 4) is 5.75 Å². The van der Waals surface area contributed by atoms with Gasteiger partial charge in [-0.15, -0.1) is 0 Å². The molecule has 0 atom stereocenters. The van der Waals surface area contributed by atoms with Gasteiger partial charge in [0.1, 0.15) is 5.75 Å². The van der Waals surface area contributed by atoms with Crippen LogP contribution in [0.15, 0.2) is 72.8 Å². The van der Waals surface area contributed by atoms with E-state index < -0.39 is 5.97 Å². The van der Waals surface area contributed by atoms with E-state index >= 15 is 0 Å². The molecule has 2 N–H and O–H groups in total. The Morgan fingerprint density at radius 2 is 1.72 bits per heavy atom. The Morgan fingerprint density at radius 1 is 0.969 bits per heavy atom. The number of carboxylic acid groups (broad SMARTS) is 1. The third-order valence-electron chi connectivity index (χ3n) is 5.19. The van der Waals surface area contributed by atoms with Crippen molar-refractivity contribution < 1.29 is 24.2 Å². The lowest BCUT2D eigenvalue weighted by molar-refractivity contribution is -0.137. The number of hydrogen-bond donors (Lipinski definition) is 2. The number of nitrogens with zero attached hydrogens (tertiary/aromatic N) is 1. The smallest absolute Gasteiger partial charge is 0.303 e. The minimum Gasteiger partial charge on any atom is -0.482 e. The molecule has 0 spiro atoms. The number of carbonyl (C=O) groups is 3. The molecular weight excluding hydrogens is 408 g/mol. The summed E-state index contributed by atoms with van der Waals surface area (Å²) in [5.74, 6) is -0.805. The molecule has 0 fully saturated rings. The van der Waals surface area contributed by atoms with E-state index in [0.29, 0.717) is 35.7 Å². The largest absolute Gasteiger partial charge is 0.482 e. The highest BCUT2D eigenvalue weighted by molar-refractivity contribution is 6.06. The Kier molecular flexibility index (Phi) is 6.17. The van der Waals surface area contributed by atoms with Gasteiger partial charge in [0, 0.05) is 17.7 Å². The Hall–Kier alpha value is -4.13. The molecule has 32 heavy (non-hydrogen) atoms. The highest BCUT2D eigenvalue weighted by atomic mass is 16.5. The predicted molar refractivity (Wildman–Crippen MR) is 120 cm³/mol. The predicted octanol–water partition coefficient (Wildman–Crippen LogP) is 3.88. The van der Waals surface area contributed by atoms with Crippen LogP contribution in [0, 0.1) is 0 Å². The number of nitrogens with one attached hydrogen (secondary N) is 1. The van der Waals surface area contributed by atoms with Crippen LogP contribution in [0.5, 0.6) is 5.75 Å². The number of benzene rings is 3. The van der Waals surface area contributed by atoms with Crippen molar-refractivity contribution in [2.75, 3.05) is 16.8 Å². The number of fused-ring (bicyclic) bond motifs is 1. The number of aliphatic carboxylic acids is 1. The Labute approximate surface area is 185 Å². The zero-order valence-corrected chi connectivity index (χ0v) is 17.3. The molecule has 0 saturated heterocycles. The molecule has 2 amide bonds.